The van der Waals surface area contributed by atoms with E-state index in [0.717, 1.165) is 22.4 Å². The van der Waals surface area contributed by atoms with Crippen molar-refractivity contribution in [2.75, 3.05) is 5.32 Å². The zero-order valence-corrected chi connectivity index (χ0v) is 19.5. The molecule has 0 bridgehead atoms. The average Bonchev–Trinajstić information content (AvgIpc) is 3.46. The molecule has 9 nitrogen and oxygen atoms in total. The Bertz CT molecular complexity index is 1560. The zero-order valence-electron chi connectivity index (χ0n) is 18.7. The van der Waals surface area contributed by atoms with Gasteiger partial charge in [-0.2, -0.15) is 14.3 Å². The second kappa shape index (κ2) is 8.52. The van der Waals surface area contributed by atoms with Crippen LogP contribution in [0.2, 0.25) is 5.02 Å². The number of rotatable bonds is 5. The number of nitrogens with zero attached hydrogens (tertiary/aromatic N) is 6. The van der Waals surface area contributed by atoms with E-state index < -0.39 is 0 Å². The maximum atomic E-state index is 12.6. The molecule has 35 heavy (non-hydrogen) atoms. The van der Waals surface area contributed by atoms with Crippen LogP contribution >= 0.6 is 11.6 Å². The highest BCUT2D eigenvalue weighted by Gasteiger charge is 2.30. The Morgan fingerprint density at radius 3 is 2.74 bits per heavy atom. The molecule has 3 aromatic heterocycles. The van der Waals surface area contributed by atoms with Gasteiger partial charge in [-0.05, 0) is 42.8 Å². The summed E-state index contributed by atoms with van der Waals surface area (Å²) in [5.74, 6) is 2.36. The molecule has 0 radical (unpaired) electrons. The van der Waals surface area contributed by atoms with Gasteiger partial charge in [0.2, 0.25) is 5.91 Å². The third kappa shape index (κ3) is 3.89. The van der Waals surface area contributed by atoms with E-state index >= 15 is 0 Å². The topological polar surface area (TPSA) is 99.2 Å². The van der Waals surface area contributed by atoms with E-state index in [2.05, 4.69) is 25.7 Å². The molecule has 0 fully saturated rings. The third-order valence-electron chi connectivity index (χ3n) is 6.08. The summed E-state index contributed by atoms with van der Waals surface area (Å²) < 4.78 is 9.19. The molecule has 174 valence electrons. The molecular weight excluding hydrogens is 466 g/mol. The molecule has 1 amide bonds. The van der Waals surface area contributed by atoms with Gasteiger partial charge in [0, 0.05) is 28.5 Å². The van der Waals surface area contributed by atoms with Crippen molar-refractivity contribution < 1.29 is 9.53 Å². The highest BCUT2D eigenvalue weighted by atomic mass is 35.5. The van der Waals surface area contributed by atoms with Crippen molar-refractivity contribution in [3.8, 4) is 11.6 Å². The van der Waals surface area contributed by atoms with Crippen LogP contribution in [-0.4, -0.2) is 35.5 Å². The van der Waals surface area contributed by atoms with Crippen LogP contribution in [0, 0.1) is 6.92 Å². The molecule has 1 aliphatic rings. The molecule has 1 atom stereocenters. The Morgan fingerprint density at radius 1 is 1.09 bits per heavy atom. The first kappa shape index (κ1) is 21.3. The van der Waals surface area contributed by atoms with E-state index in [4.69, 9.17) is 16.3 Å². The van der Waals surface area contributed by atoms with E-state index in [-0.39, 0.29) is 11.8 Å². The molecule has 0 unspecified atom stereocenters. The lowest BCUT2D eigenvalue weighted by Crippen LogP contribution is -2.24. The normalized spacial score (nSPS) is 15.1. The summed E-state index contributed by atoms with van der Waals surface area (Å²) in [7, 11) is 0. The number of fused-ring (bicyclic) bond motifs is 2. The number of carbonyl (C=O) groups is 1. The molecule has 10 heteroatoms. The molecule has 1 N–H and O–H groups in total. The van der Waals surface area contributed by atoms with Gasteiger partial charge in [0.25, 0.3) is 0 Å². The van der Waals surface area contributed by atoms with E-state index in [1.165, 1.54) is 0 Å². The maximum Gasteiger partial charge on any atom is 0.226 e. The van der Waals surface area contributed by atoms with Crippen molar-refractivity contribution in [3.05, 3.63) is 94.4 Å². The molecule has 0 spiro atoms. The van der Waals surface area contributed by atoms with Crippen LogP contribution in [0.4, 0.5) is 5.82 Å². The Balaban J connectivity index is 1.27. The molecule has 0 saturated carbocycles. The first-order valence-corrected chi connectivity index (χ1v) is 11.5. The lowest BCUT2D eigenvalue weighted by Gasteiger charge is -2.23. The lowest BCUT2D eigenvalue weighted by atomic mass is 9.87. The number of hydrogen-bond acceptors (Lipinski definition) is 6. The van der Waals surface area contributed by atoms with E-state index in [0.29, 0.717) is 41.2 Å². The van der Waals surface area contributed by atoms with E-state index in [9.17, 15) is 4.79 Å². The number of aryl methyl sites for hydroxylation is 1. The number of benzene rings is 2. The second-order valence-electron chi connectivity index (χ2n) is 8.32. The minimum Gasteiger partial charge on any atom is -0.489 e. The van der Waals surface area contributed by atoms with Crippen molar-refractivity contribution in [3.63, 3.8) is 0 Å². The molecule has 0 aliphatic carbocycles. The number of amides is 1. The lowest BCUT2D eigenvalue weighted by molar-refractivity contribution is -0.116. The predicted octanol–water partition coefficient (Wildman–Crippen LogP) is 4.32. The SMILES string of the molecule is Cc1nnc2ccc(-n3ncc4c3NC(=O)C[C@H]4c3ccc(OCc4ccccc4Cl)cc3)nn12. The molecular formula is C25H20ClN7O2. The zero-order chi connectivity index (χ0) is 23.9. The summed E-state index contributed by atoms with van der Waals surface area (Å²) in [6.07, 6.45) is 2.11. The first-order valence-electron chi connectivity index (χ1n) is 11.1. The Hall–Kier alpha value is -4.24. The summed E-state index contributed by atoms with van der Waals surface area (Å²) in [5, 5.41) is 20.9. The second-order valence-corrected chi connectivity index (χ2v) is 8.73. The fourth-order valence-electron chi connectivity index (χ4n) is 4.26. The quantitative estimate of drug-likeness (QED) is 0.398. The number of nitrogens with one attached hydrogen (secondary N) is 1. The summed E-state index contributed by atoms with van der Waals surface area (Å²) in [6, 6.07) is 19.0. The third-order valence-corrected chi connectivity index (χ3v) is 6.45. The fraction of sp³-hybridized carbons (Fsp3) is 0.160. The average molecular weight is 486 g/mol. The van der Waals surface area contributed by atoms with Crippen molar-refractivity contribution in [1.29, 1.82) is 0 Å². The number of aromatic nitrogens is 6. The molecule has 6 rings (SSSR count). The summed E-state index contributed by atoms with van der Waals surface area (Å²) in [6.45, 7) is 2.21. The standard InChI is InChI=1S/C25H20ClN7O2/c1-15-29-30-22-10-11-23(31-32(15)22)33-25-20(13-27-33)19(12-24(34)28-25)16-6-8-18(9-7-16)35-14-17-4-2-3-5-21(17)26/h2-11,13,19H,12,14H2,1H3,(H,28,34)/t19-/m0/s1. The van der Waals surface area contributed by atoms with Crippen LogP contribution in [0.15, 0.2) is 66.9 Å². The first-order chi connectivity index (χ1) is 17.1. The van der Waals surface area contributed by atoms with Crippen LogP contribution in [0.25, 0.3) is 11.5 Å². The smallest absolute Gasteiger partial charge is 0.226 e. The monoisotopic (exact) mass is 485 g/mol. The number of halogens is 1. The molecule has 5 aromatic rings. The Morgan fingerprint density at radius 2 is 1.91 bits per heavy atom. The van der Waals surface area contributed by atoms with Gasteiger partial charge in [0.1, 0.15) is 18.2 Å². The van der Waals surface area contributed by atoms with Gasteiger partial charge in [0.15, 0.2) is 17.3 Å². The van der Waals surface area contributed by atoms with Crippen LogP contribution in [0.3, 0.4) is 0 Å². The van der Waals surface area contributed by atoms with Crippen LogP contribution in [-0.2, 0) is 11.4 Å². The number of anilines is 1. The van der Waals surface area contributed by atoms with Gasteiger partial charge >= 0.3 is 0 Å². The summed E-state index contributed by atoms with van der Waals surface area (Å²) in [4.78, 5) is 12.6. The minimum absolute atomic E-state index is 0.0788. The molecule has 4 heterocycles. The van der Waals surface area contributed by atoms with Gasteiger partial charge < -0.3 is 10.1 Å². The van der Waals surface area contributed by atoms with Crippen LogP contribution in [0.5, 0.6) is 5.75 Å². The largest absolute Gasteiger partial charge is 0.489 e. The molecule has 2 aromatic carbocycles. The highest BCUT2D eigenvalue weighted by Crippen LogP contribution is 2.38. The van der Waals surface area contributed by atoms with Crippen molar-refractivity contribution >= 4 is 29.0 Å². The van der Waals surface area contributed by atoms with Gasteiger partial charge in [0.05, 0.1) is 6.20 Å². The van der Waals surface area contributed by atoms with Crippen LogP contribution in [0.1, 0.15) is 34.9 Å². The van der Waals surface area contributed by atoms with E-state index in [1.807, 2.05) is 61.5 Å². The van der Waals surface area contributed by atoms with Crippen molar-refractivity contribution in [2.45, 2.75) is 25.9 Å². The Kier molecular flexibility index (Phi) is 5.18. The molecule has 1 aliphatic heterocycles. The number of ether oxygens (including phenoxy) is 1. The van der Waals surface area contributed by atoms with Gasteiger partial charge in [-0.15, -0.1) is 15.3 Å². The Labute approximate surface area is 205 Å². The summed E-state index contributed by atoms with van der Waals surface area (Å²) >= 11 is 6.22. The fourth-order valence-corrected chi connectivity index (χ4v) is 4.45. The van der Waals surface area contributed by atoms with Crippen molar-refractivity contribution in [2.24, 2.45) is 0 Å². The van der Waals surface area contributed by atoms with Gasteiger partial charge in [-0.1, -0.05) is 41.9 Å². The molecule has 0 saturated heterocycles. The minimum atomic E-state index is -0.134. The predicted molar refractivity (Wildman–Crippen MR) is 130 cm³/mol. The maximum absolute atomic E-state index is 12.6. The van der Waals surface area contributed by atoms with E-state index in [1.54, 1.807) is 21.5 Å². The van der Waals surface area contributed by atoms with Gasteiger partial charge in [-0.3, -0.25) is 4.79 Å². The highest BCUT2D eigenvalue weighted by molar-refractivity contribution is 6.31. The number of carbonyl (C=O) groups excluding carboxylic acids is 1. The summed E-state index contributed by atoms with van der Waals surface area (Å²) in [5.41, 5.74) is 3.50. The van der Waals surface area contributed by atoms with Crippen LogP contribution < -0.4 is 10.1 Å². The number of hydrogen-bond donors (Lipinski definition) is 1. The van der Waals surface area contributed by atoms with Gasteiger partial charge in [-0.25, -0.2) is 0 Å². The van der Waals surface area contributed by atoms with Crippen molar-refractivity contribution in [1.82, 2.24) is 29.6 Å².